The van der Waals surface area contributed by atoms with Crippen molar-refractivity contribution in [2.75, 3.05) is 10.0 Å². The first-order valence-electron chi connectivity index (χ1n) is 7.45. The summed E-state index contributed by atoms with van der Waals surface area (Å²) >= 11 is 0. The van der Waals surface area contributed by atoms with Crippen LogP contribution in [-0.4, -0.2) is 41.4 Å². The van der Waals surface area contributed by atoms with Crippen molar-refractivity contribution in [1.82, 2.24) is 9.97 Å². The fraction of sp³-hybridized carbons (Fsp3) is 0.200. The molecule has 0 aliphatic heterocycles. The fourth-order valence-corrected chi connectivity index (χ4v) is 2.96. The molecular weight excluding hydrogens is 362 g/mol. The Bertz CT molecular complexity index is 871. The Hall–Kier alpha value is -3.21. The Morgan fingerprint density at radius 3 is 2.31 bits per heavy atom. The van der Waals surface area contributed by atoms with Gasteiger partial charge in [0.05, 0.1) is 4.90 Å². The van der Waals surface area contributed by atoms with Gasteiger partial charge in [-0.15, -0.1) is 0 Å². The predicted octanol–water partition coefficient (Wildman–Crippen LogP) is 0.408. The van der Waals surface area contributed by atoms with E-state index in [4.69, 9.17) is 10.8 Å². The normalized spacial score (nSPS) is 12.2. The molecule has 0 radical (unpaired) electrons. The lowest BCUT2D eigenvalue weighted by molar-refractivity contribution is -0.138. The van der Waals surface area contributed by atoms with Crippen LogP contribution in [0.15, 0.2) is 47.6 Å². The Labute approximate surface area is 149 Å². The molecule has 10 nitrogen and oxygen atoms in total. The molecule has 1 aromatic carbocycles. The molecule has 0 spiro atoms. The fourth-order valence-electron chi connectivity index (χ4n) is 2.01. The van der Waals surface area contributed by atoms with E-state index < -0.39 is 27.9 Å². The van der Waals surface area contributed by atoms with E-state index in [-0.39, 0.29) is 23.7 Å². The number of nitrogens with zero attached hydrogens (tertiary/aromatic N) is 2. The second-order valence-corrected chi connectivity index (χ2v) is 6.92. The molecular formula is C15H17N5O5S. The molecule has 0 fully saturated rings. The van der Waals surface area contributed by atoms with Gasteiger partial charge in [-0.1, -0.05) is 0 Å². The molecule has 0 saturated carbocycles. The summed E-state index contributed by atoms with van der Waals surface area (Å²) in [5, 5.41) is 11.9. The topological polar surface area (TPSA) is 164 Å². The summed E-state index contributed by atoms with van der Waals surface area (Å²) < 4.78 is 26.8. The average Bonchev–Trinajstić information content (AvgIpc) is 2.59. The molecule has 11 heteroatoms. The number of carbonyl (C=O) groups excluding carboxylic acids is 1. The van der Waals surface area contributed by atoms with Gasteiger partial charge in [0, 0.05) is 24.5 Å². The molecule has 0 saturated heterocycles. The highest BCUT2D eigenvalue weighted by molar-refractivity contribution is 7.92. The summed E-state index contributed by atoms with van der Waals surface area (Å²) in [7, 11) is -3.88. The van der Waals surface area contributed by atoms with Gasteiger partial charge < -0.3 is 16.2 Å². The smallest absolute Gasteiger partial charge is 0.326 e. The Kier molecular flexibility index (Phi) is 6.07. The van der Waals surface area contributed by atoms with Gasteiger partial charge in [0.15, 0.2) is 0 Å². The van der Waals surface area contributed by atoms with Crippen molar-refractivity contribution in [3.8, 4) is 0 Å². The van der Waals surface area contributed by atoms with Crippen molar-refractivity contribution >= 4 is 33.5 Å². The number of carboxylic acids is 1. The van der Waals surface area contributed by atoms with Crippen LogP contribution in [-0.2, 0) is 19.6 Å². The van der Waals surface area contributed by atoms with E-state index in [1.807, 2.05) is 0 Å². The molecule has 1 heterocycles. The van der Waals surface area contributed by atoms with Crippen LogP contribution >= 0.6 is 0 Å². The number of hydrogen-bond donors (Lipinski definition) is 4. The van der Waals surface area contributed by atoms with E-state index in [0.717, 1.165) is 0 Å². The second kappa shape index (κ2) is 8.25. The van der Waals surface area contributed by atoms with Crippen molar-refractivity contribution in [3.05, 3.63) is 42.7 Å². The molecule has 0 aliphatic carbocycles. The lowest BCUT2D eigenvalue weighted by Crippen LogP contribution is -2.30. The number of carboxylic acid groups (broad SMARTS) is 1. The summed E-state index contributed by atoms with van der Waals surface area (Å²) in [6.07, 6.45) is 2.72. The monoisotopic (exact) mass is 379 g/mol. The van der Waals surface area contributed by atoms with Gasteiger partial charge >= 0.3 is 5.97 Å². The lowest BCUT2D eigenvalue weighted by atomic mass is 10.1. The molecule has 2 rings (SSSR count). The number of aromatic nitrogens is 2. The van der Waals surface area contributed by atoms with Crippen molar-refractivity contribution in [2.45, 2.75) is 23.8 Å². The summed E-state index contributed by atoms with van der Waals surface area (Å²) in [5.74, 6) is -1.81. The number of nitrogens with two attached hydrogens (primary N) is 1. The number of sulfonamides is 1. The highest BCUT2D eigenvalue weighted by Crippen LogP contribution is 2.17. The summed E-state index contributed by atoms with van der Waals surface area (Å²) in [5.41, 5.74) is 5.41. The van der Waals surface area contributed by atoms with E-state index in [0.29, 0.717) is 5.69 Å². The molecule has 0 unspecified atom stereocenters. The van der Waals surface area contributed by atoms with Crippen LogP contribution < -0.4 is 15.8 Å². The summed E-state index contributed by atoms with van der Waals surface area (Å²) in [4.78, 5) is 29.5. The zero-order valence-corrected chi connectivity index (χ0v) is 14.3. The minimum absolute atomic E-state index is 0.0115. The van der Waals surface area contributed by atoms with Crippen LogP contribution in [0.4, 0.5) is 11.6 Å². The maximum atomic E-state index is 12.3. The van der Waals surface area contributed by atoms with Crippen molar-refractivity contribution in [3.63, 3.8) is 0 Å². The van der Waals surface area contributed by atoms with Crippen LogP contribution in [0.5, 0.6) is 0 Å². The highest BCUT2D eigenvalue weighted by Gasteiger charge is 2.19. The number of anilines is 2. The van der Waals surface area contributed by atoms with Crippen LogP contribution in [0.3, 0.4) is 0 Å². The SMILES string of the molecule is NC(=O)CC[C@@H](Nc1ccc(S(=O)(=O)Nc2ncccn2)cc1)C(=O)O. The zero-order valence-electron chi connectivity index (χ0n) is 13.5. The van der Waals surface area contributed by atoms with Gasteiger partial charge in [-0.3, -0.25) is 4.79 Å². The first-order valence-corrected chi connectivity index (χ1v) is 8.94. The minimum Gasteiger partial charge on any atom is -0.480 e. The van der Waals surface area contributed by atoms with Crippen LogP contribution in [0.1, 0.15) is 12.8 Å². The largest absolute Gasteiger partial charge is 0.480 e. The molecule has 1 atom stereocenters. The number of benzene rings is 1. The molecule has 5 N–H and O–H groups in total. The number of rotatable bonds is 9. The first-order chi connectivity index (χ1) is 12.3. The van der Waals surface area contributed by atoms with Crippen molar-refractivity contribution < 1.29 is 23.1 Å². The average molecular weight is 379 g/mol. The van der Waals surface area contributed by atoms with Gasteiger partial charge in [0.2, 0.25) is 11.9 Å². The van der Waals surface area contributed by atoms with Crippen LogP contribution in [0, 0.1) is 0 Å². The number of carbonyl (C=O) groups is 2. The van der Waals surface area contributed by atoms with Crippen molar-refractivity contribution in [1.29, 1.82) is 0 Å². The molecule has 2 aromatic rings. The number of primary amides is 1. The maximum absolute atomic E-state index is 12.3. The number of amides is 1. The van der Waals surface area contributed by atoms with Crippen LogP contribution in [0.25, 0.3) is 0 Å². The molecule has 0 bridgehead atoms. The van der Waals surface area contributed by atoms with E-state index in [2.05, 4.69) is 20.0 Å². The minimum atomic E-state index is -3.88. The van der Waals surface area contributed by atoms with Gasteiger partial charge in [0.1, 0.15) is 6.04 Å². The Balaban J connectivity index is 2.09. The van der Waals surface area contributed by atoms with Gasteiger partial charge in [-0.25, -0.2) is 27.9 Å². The van der Waals surface area contributed by atoms with E-state index >= 15 is 0 Å². The standard InChI is InChI=1S/C15H17N5O5S/c16-13(21)7-6-12(14(22)23)19-10-2-4-11(5-3-10)26(24,25)20-15-17-8-1-9-18-15/h1-5,8-9,12,19H,6-7H2,(H2,16,21)(H,22,23)(H,17,18,20)/t12-/m1/s1. The Morgan fingerprint density at radius 1 is 1.15 bits per heavy atom. The van der Waals surface area contributed by atoms with E-state index in [1.54, 1.807) is 6.07 Å². The van der Waals surface area contributed by atoms with Gasteiger partial charge in [0.25, 0.3) is 10.0 Å². The third-order valence-corrected chi connectivity index (χ3v) is 4.62. The van der Waals surface area contributed by atoms with Crippen LogP contribution in [0.2, 0.25) is 0 Å². The first kappa shape index (κ1) is 19.1. The predicted molar refractivity (Wildman–Crippen MR) is 92.8 cm³/mol. The number of nitrogens with one attached hydrogen (secondary N) is 2. The molecule has 1 aromatic heterocycles. The highest BCUT2D eigenvalue weighted by atomic mass is 32.2. The van der Waals surface area contributed by atoms with Gasteiger partial charge in [-0.2, -0.15) is 0 Å². The third-order valence-electron chi connectivity index (χ3n) is 3.27. The quantitative estimate of drug-likeness (QED) is 0.486. The number of hydrogen-bond acceptors (Lipinski definition) is 7. The molecule has 0 aliphatic rings. The van der Waals surface area contributed by atoms with Gasteiger partial charge in [-0.05, 0) is 36.8 Å². The number of aliphatic carboxylic acids is 1. The second-order valence-electron chi connectivity index (χ2n) is 5.24. The van der Waals surface area contributed by atoms with E-state index in [1.165, 1.54) is 36.7 Å². The molecule has 138 valence electrons. The Morgan fingerprint density at radius 2 is 1.77 bits per heavy atom. The van der Waals surface area contributed by atoms with Crippen molar-refractivity contribution in [2.24, 2.45) is 5.73 Å². The molecule has 1 amide bonds. The van der Waals surface area contributed by atoms with E-state index in [9.17, 15) is 18.0 Å². The zero-order chi connectivity index (χ0) is 19.2. The summed E-state index contributed by atoms with van der Waals surface area (Å²) in [6, 6.07) is 5.97. The third kappa shape index (κ3) is 5.41. The summed E-state index contributed by atoms with van der Waals surface area (Å²) in [6.45, 7) is 0. The molecule has 26 heavy (non-hydrogen) atoms. The lowest BCUT2D eigenvalue weighted by Gasteiger charge is -2.15. The maximum Gasteiger partial charge on any atom is 0.326 e.